The highest BCUT2D eigenvalue weighted by Gasteiger charge is 2.07. The molecule has 0 saturated heterocycles. The second-order valence-corrected chi connectivity index (χ2v) is 2.20. The van der Waals surface area contributed by atoms with Crippen LogP contribution in [0.3, 0.4) is 0 Å². The summed E-state index contributed by atoms with van der Waals surface area (Å²) in [6.07, 6.45) is 4.08. The predicted octanol–water partition coefficient (Wildman–Crippen LogP) is 0.468. The summed E-state index contributed by atoms with van der Waals surface area (Å²) in [5, 5.41) is 21.1. The Bertz CT molecular complexity index is 165. The lowest BCUT2D eigenvalue weighted by molar-refractivity contribution is -0.0830. The third kappa shape index (κ3) is 1.82. The van der Waals surface area contributed by atoms with Gasteiger partial charge in [0, 0.05) is 6.54 Å². The molecule has 0 fully saturated rings. The molecule has 0 atom stereocenters. The second kappa shape index (κ2) is 3.34. The lowest BCUT2D eigenvalue weighted by Crippen LogP contribution is -2.26. The molecule has 0 radical (unpaired) electrons. The smallest absolute Gasteiger partial charge is 0.0704 e. The van der Waals surface area contributed by atoms with Crippen LogP contribution in [0.25, 0.3) is 0 Å². The first kappa shape index (κ1) is 7.24. The van der Waals surface area contributed by atoms with E-state index in [1.54, 1.807) is 0 Å². The summed E-state index contributed by atoms with van der Waals surface area (Å²) in [4.78, 5) is 0. The molecule has 1 aliphatic heterocycles. The lowest BCUT2D eigenvalue weighted by atomic mass is 10.2. The van der Waals surface area contributed by atoms with Crippen LogP contribution in [0.2, 0.25) is 0 Å². The highest BCUT2D eigenvalue weighted by molar-refractivity contribution is 5.78. The van der Waals surface area contributed by atoms with Gasteiger partial charge in [-0.15, -0.1) is 0 Å². The van der Waals surface area contributed by atoms with Crippen molar-refractivity contribution in [3.8, 4) is 0 Å². The van der Waals surface area contributed by atoms with Crippen LogP contribution in [0.5, 0.6) is 0 Å². The molecule has 0 bridgehead atoms. The lowest BCUT2D eigenvalue weighted by Gasteiger charge is -2.18. The molecule has 56 valence electrons. The zero-order valence-electron chi connectivity index (χ0n) is 5.56. The molecule has 1 heterocycles. The van der Waals surface area contributed by atoms with Gasteiger partial charge in [0.25, 0.3) is 0 Å². The minimum absolute atomic E-state index is 0.448. The van der Waals surface area contributed by atoms with Crippen molar-refractivity contribution in [1.82, 2.24) is 5.06 Å². The van der Waals surface area contributed by atoms with Crippen molar-refractivity contribution >= 4 is 6.21 Å². The third-order valence-electron chi connectivity index (χ3n) is 1.38. The highest BCUT2D eigenvalue weighted by atomic mass is 16.5. The van der Waals surface area contributed by atoms with Gasteiger partial charge in [0.05, 0.1) is 12.8 Å². The van der Waals surface area contributed by atoms with Crippen LogP contribution in [0.15, 0.2) is 16.8 Å². The molecule has 1 aliphatic rings. The molecular formula is C6H10N2O2. The van der Waals surface area contributed by atoms with E-state index < -0.39 is 0 Å². The van der Waals surface area contributed by atoms with Crippen molar-refractivity contribution in [2.24, 2.45) is 5.16 Å². The zero-order valence-corrected chi connectivity index (χ0v) is 5.56. The van der Waals surface area contributed by atoms with Crippen molar-refractivity contribution in [3.05, 3.63) is 11.6 Å². The van der Waals surface area contributed by atoms with Crippen LogP contribution in [-0.4, -0.2) is 34.8 Å². The Kier molecular flexibility index (Phi) is 2.42. The van der Waals surface area contributed by atoms with E-state index >= 15 is 0 Å². The molecule has 0 amide bonds. The van der Waals surface area contributed by atoms with E-state index in [2.05, 4.69) is 5.16 Å². The normalized spacial score (nSPS) is 21.5. The van der Waals surface area contributed by atoms with Gasteiger partial charge >= 0.3 is 0 Å². The maximum atomic E-state index is 8.96. The van der Waals surface area contributed by atoms with E-state index in [-0.39, 0.29) is 0 Å². The Morgan fingerprint density at radius 2 is 2.50 bits per heavy atom. The Morgan fingerprint density at radius 3 is 3.10 bits per heavy atom. The van der Waals surface area contributed by atoms with E-state index in [0.717, 1.165) is 12.0 Å². The number of oxime groups is 1. The molecule has 2 N–H and O–H groups in total. The molecule has 0 saturated carbocycles. The van der Waals surface area contributed by atoms with E-state index in [1.165, 1.54) is 11.3 Å². The fourth-order valence-corrected chi connectivity index (χ4v) is 0.921. The van der Waals surface area contributed by atoms with Crippen molar-refractivity contribution in [1.29, 1.82) is 0 Å². The van der Waals surface area contributed by atoms with Gasteiger partial charge in [-0.05, 0) is 12.0 Å². The summed E-state index contributed by atoms with van der Waals surface area (Å²) >= 11 is 0. The summed E-state index contributed by atoms with van der Waals surface area (Å²) in [5.74, 6) is 0. The molecule has 4 nitrogen and oxygen atoms in total. The fraction of sp³-hybridized carbons (Fsp3) is 0.500. The van der Waals surface area contributed by atoms with Gasteiger partial charge in [-0.1, -0.05) is 11.2 Å². The Hall–Kier alpha value is -0.870. The first-order chi connectivity index (χ1) is 4.83. The van der Waals surface area contributed by atoms with E-state index in [1.807, 2.05) is 6.08 Å². The zero-order chi connectivity index (χ0) is 7.40. The van der Waals surface area contributed by atoms with E-state index in [4.69, 9.17) is 10.4 Å². The van der Waals surface area contributed by atoms with Crippen LogP contribution in [0.4, 0.5) is 0 Å². The third-order valence-corrected chi connectivity index (χ3v) is 1.38. The van der Waals surface area contributed by atoms with E-state index in [0.29, 0.717) is 13.1 Å². The van der Waals surface area contributed by atoms with Gasteiger partial charge < -0.3 is 10.4 Å². The minimum Gasteiger partial charge on any atom is -0.411 e. The van der Waals surface area contributed by atoms with Crippen LogP contribution in [-0.2, 0) is 0 Å². The van der Waals surface area contributed by atoms with Crippen molar-refractivity contribution in [2.45, 2.75) is 6.42 Å². The minimum atomic E-state index is 0.448. The number of hydrogen-bond donors (Lipinski definition) is 2. The molecule has 0 aliphatic carbocycles. The van der Waals surface area contributed by atoms with Gasteiger partial charge in [0.1, 0.15) is 0 Å². The average molecular weight is 142 g/mol. The molecule has 0 aromatic rings. The standard InChI is InChI=1S/C6H10N2O2/c9-7-4-6-2-1-3-8(10)5-6/h2,4,9-10H,1,3,5H2. The van der Waals surface area contributed by atoms with Gasteiger partial charge in [-0.25, -0.2) is 0 Å². The van der Waals surface area contributed by atoms with Gasteiger partial charge in [0.2, 0.25) is 0 Å². The van der Waals surface area contributed by atoms with Gasteiger partial charge in [-0.2, -0.15) is 5.06 Å². The molecule has 1 rings (SSSR count). The summed E-state index contributed by atoms with van der Waals surface area (Å²) in [6, 6.07) is 0. The molecule has 0 aromatic heterocycles. The number of hydrogen-bond acceptors (Lipinski definition) is 4. The maximum absolute atomic E-state index is 8.96. The Labute approximate surface area is 59.0 Å². The van der Waals surface area contributed by atoms with Crippen molar-refractivity contribution < 1.29 is 10.4 Å². The first-order valence-electron chi connectivity index (χ1n) is 3.13. The van der Waals surface area contributed by atoms with Crippen LogP contribution >= 0.6 is 0 Å². The number of hydroxylamine groups is 2. The molecular weight excluding hydrogens is 132 g/mol. The average Bonchev–Trinajstić information content (AvgIpc) is 1.88. The quantitative estimate of drug-likeness (QED) is 0.318. The molecule has 4 heteroatoms. The summed E-state index contributed by atoms with van der Waals surface area (Å²) in [6.45, 7) is 1.10. The highest BCUT2D eigenvalue weighted by Crippen LogP contribution is 2.04. The summed E-state index contributed by atoms with van der Waals surface area (Å²) in [7, 11) is 0. The van der Waals surface area contributed by atoms with Crippen LogP contribution in [0, 0.1) is 0 Å². The monoisotopic (exact) mass is 142 g/mol. The van der Waals surface area contributed by atoms with Crippen LogP contribution < -0.4 is 0 Å². The first-order valence-corrected chi connectivity index (χ1v) is 3.13. The van der Waals surface area contributed by atoms with Crippen molar-refractivity contribution in [2.75, 3.05) is 13.1 Å². The number of rotatable bonds is 1. The van der Waals surface area contributed by atoms with Gasteiger partial charge in [-0.3, -0.25) is 0 Å². The van der Waals surface area contributed by atoms with E-state index in [9.17, 15) is 0 Å². The maximum Gasteiger partial charge on any atom is 0.0704 e. The predicted molar refractivity (Wildman–Crippen MR) is 36.3 cm³/mol. The van der Waals surface area contributed by atoms with Gasteiger partial charge in [0.15, 0.2) is 0 Å². The van der Waals surface area contributed by atoms with Crippen LogP contribution in [0.1, 0.15) is 6.42 Å². The summed E-state index contributed by atoms with van der Waals surface area (Å²) < 4.78 is 0. The summed E-state index contributed by atoms with van der Waals surface area (Å²) in [5.41, 5.74) is 0.844. The number of nitrogens with zero attached hydrogens (tertiary/aromatic N) is 2. The van der Waals surface area contributed by atoms with Crippen molar-refractivity contribution in [3.63, 3.8) is 0 Å². The molecule has 0 spiro atoms. The molecule has 0 aromatic carbocycles. The largest absolute Gasteiger partial charge is 0.411 e. The molecule has 10 heavy (non-hydrogen) atoms. The second-order valence-electron chi connectivity index (χ2n) is 2.20. The topological polar surface area (TPSA) is 56.1 Å². The Balaban J connectivity index is 2.51. The SMILES string of the molecule is ON=CC1=CCCN(O)C1. The Morgan fingerprint density at radius 1 is 1.70 bits per heavy atom. The molecule has 0 unspecified atom stereocenters. The fourth-order valence-electron chi connectivity index (χ4n) is 0.921.